The van der Waals surface area contributed by atoms with Gasteiger partial charge in [0.25, 0.3) is 5.91 Å². The van der Waals surface area contributed by atoms with E-state index in [1.807, 2.05) is 97.9 Å². The summed E-state index contributed by atoms with van der Waals surface area (Å²) in [5.74, 6) is 0.332. The van der Waals surface area contributed by atoms with Crippen molar-refractivity contribution >= 4 is 11.9 Å². The second-order valence-corrected chi connectivity index (χ2v) is 7.49. The van der Waals surface area contributed by atoms with Gasteiger partial charge < -0.3 is 0 Å². The molecule has 1 aromatic heterocycles. The minimum atomic E-state index is -0.0916. The van der Waals surface area contributed by atoms with E-state index in [0.717, 1.165) is 34.5 Å². The van der Waals surface area contributed by atoms with Gasteiger partial charge >= 0.3 is 0 Å². The number of benzene rings is 3. The van der Waals surface area contributed by atoms with Crippen LogP contribution in [0.1, 0.15) is 29.3 Å². The molecule has 3 aromatic carbocycles. The maximum absolute atomic E-state index is 13.4. The summed E-state index contributed by atoms with van der Waals surface area (Å²) in [6.07, 6.45) is 0.803. The minimum absolute atomic E-state index is 0.0916. The molecular weight excluding hydrogens is 382 g/mol. The fraction of sp³-hybridized carbons (Fsp3) is 0.148. The van der Waals surface area contributed by atoms with Crippen molar-refractivity contribution in [1.29, 1.82) is 0 Å². The Morgan fingerprint density at radius 1 is 0.774 bits per heavy atom. The van der Waals surface area contributed by atoms with E-state index in [2.05, 4.69) is 6.92 Å². The Kier molecular flexibility index (Phi) is 6.18. The molecule has 0 aliphatic heterocycles. The maximum Gasteiger partial charge on any atom is 0.260 e. The maximum atomic E-state index is 13.4. The molecule has 0 fully saturated rings. The molecule has 0 aliphatic carbocycles. The SMILES string of the molecule is CCCN(C(=O)c1ccc(C)cc1)c1nc(-c2ccccc2)cc(-c2ccccc2)n1. The molecule has 4 nitrogen and oxygen atoms in total. The standard InChI is InChI=1S/C27H25N3O/c1-3-18-30(26(31)23-16-14-20(2)15-17-23)27-28-24(21-10-6-4-7-11-21)19-25(29-27)22-12-8-5-9-13-22/h4-17,19H,3,18H2,1-2H3. The van der Waals surface area contributed by atoms with E-state index in [4.69, 9.17) is 9.97 Å². The minimum Gasteiger partial charge on any atom is -0.277 e. The first-order chi connectivity index (χ1) is 15.2. The Balaban J connectivity index is 1.84. The molecule has 1 heterocycles. The highest BCUT2D eigenvalue weighted by molar-refractivity contribution is 6.05. The number of hydrogen-bond acceptors (Lipinski definition) is 3. The molecule has 0 atom stereocenters. The molecule has 0 bridgehead atoms. The third kappa shape index (κ3) is 4.69. The van der Waals surface area contributed by atoms with Crippen LogP contribution >= 0.6 is 0 Å². The number of anilines is 1. The summed E-state index contributed by atoms with van der Waals surface area (Å²) in [5.41, 5.74) is 5.32. The zero-order valence-corrected chi connectivity index (χ0v) is 17.8. The number of carbonyl (C=O) groups excluding carboxylic acids is 1. The lowest BCUT2D eigenvalue weighted by Gasteiger charge is -2.22. The van der Waals surface area contributed by atoms with Gasteiger partial charge in [0.05, 0.1) is 11.4 Å². The largest absolute Gasteiger partial charge is 0.277 e. The molecule has 0 aliphatic rings. The van der Waals surface area contributed by atoms with E-state index in [9.17, 15) is 4.79 Å². The van der Waals surface area contributed by atoms with Gasteiger partial charge in [0.1, 0.15) is 0 Å². The van der Waals surface area contributed by atoms with E-state index >= 15 is 0 Å². The van der Waals surface area contributed by atoms with Crippen LogP contribution in [0, 0.1) is 6.92 Å². The molecule has 0 saturated carbocycles. The highest BCUT2D eigenvalue weighted by Crippen LogP contribution is 2.27. The molecule has 4 heteroatoms. The van der Waals surface area contributed by atoms with Gasteiger partial charge in [-0.2, -0.15) is 0 Å². The molecule has 4 aromatic rings. The lowest BCUT2D eigenvalue weighted by atomic mass is 10.1. The zero-order valence-electron chi connectivity index (χ0n) is 17.8. The number of hydrogen-bond donors (Lipinski definition) is 0. The highest BCUT2D eigenvalue weighted by atomic mass is 16.2. The average Bonchev–Trinajstić information content (AvgIpc) is 2.83. The van der Waals surface area contributed by atoms with Crippen molar-refractivity contribution in [3.8, 4) is 22.5 Å². The fourth-order valence-corrected chi connectivity index (χ4v) is 3.44. The Labute approximate surface area is 183 Å². The van der Waals surface area contributed by atoms with Crippen molar-refractivity contribution < 1.29 is 4.79 Å². The van der Waals surface area contributed by atoms with Crippen LogP contribution in [0.5, 0.6) is 0 Å². The lowest BCUT2D eigenvalue weighted by molar-refractivity contribution is 0.0985. The summed E-state index contributed by atoms with van der Waals surface area (Å²) >= 11 is 0. The van der Waals surface area contributed by atoms with E-state index < -0.39 is 0 Å². The summed E-state index contributed by atoms with van der Waals surface area (Å²) in [6, 6.07) is 29.6. The molecule has 4 rings (SSSR count). The molecule has 0 N–H and O–H groups in total. The van der Waals surface area contributed by atoms with E-state index in [0.29, 0.717) is 18.1 Å². The predicted octanol–water partition coefficient (Wildman–Crippen LogP) is 6.18. The molecule has 0 spiro atoms. The Morgan fingerprint density at radius 3 is 1.77 bits per heavy atom. The fourth-order valence-electron chi connectivity index (χ4n) is 3.44. The van der Waals surface area contributed by atoms with Gasteiger partial charge in [-0.05, 0) is 31.5 Å². The van der Waals surface area contributed by atoms with Crippen LogP contribution in [0.15, 0.2) is 91.0 Å². The highest BCUT2D eigenvalue weighted by Gasteiger charge is 2.21. The monoisotopic (exact) mass is 407 g/mol. The summed E-state index contributed by atoms with van der Waals surface area (Å²) in [5, 5.41) is 0. The first-order valence-electron chi connectivity index (χ1n) is 10.5. The average molecular weight is 408 g/mol. The number of nitrogens with zero attached hydrogens (tertiary/aromatic N) is 3. The van der Waals surface area contributed by atoms with Crippen LogP contribution in [0.4, 0.5) is 5.95 Å². The van der Waals surface area contributed by atoms with E-state index in [-0.39, 0.29) is 5.91 Å². The third-order valence-electron chi connectivity index (χ3n) is 5.09. The summed E-state index contributed by atoms with van der Waals surface area (Å²) in [4.78, 5) is 24.7. The van der Waals surface area contributed by atoms with Gasteiger partial charge in [-0.1, -0.05) is 85.3 Å². The normalized spacial score (nSPS) is 10.6. The van der Waals surface area contributed by atoms with Crippen LogP contribution in [-0.4, -0.2) is 22.4 Å². The number of aromatic nitrogens is 2. The van der Waals surface area contributed by atoms with Crippen molar-refractivity contribution in [2.45, 2.75) is 20.3 Å². The first kappa shape index (κ1) is 20.5. The number of rotatable bonds is 6. The summed E-state index contributed by atoms with van der Waals surface area (Å²) in [6.45, 7) is 4.60. The van der Waals surface area contributed by atoms with Crippen LogP contribution in [0.25, 0.3) is 22.5 Å². The second kappa shape index (κ2) is 9.35. The van der Waals surface area contributed by atoms with E-state index in [1.165, 1.54) is 0 Å². The molecule has 0 unspecified atom stereocenters. The summed E-state index contributed by atoms with van der Waals surface area (Å²) < 4.78 is 0. The summed E-state index contributed by atoms with van der Waals surface area (Å²) in [7, 11) is 0. The smallest absolute Gasteiger partial charge is 0.260 e. The molecular formula is C27H25N3O. The number of aryl methyl sites for hydroxylation is 1. The molecule has 1 amide bonds. The topological polar surface area (TPSA) is 46.1 Å². The first-order valence-corrected chi connectivity index (χ1v) is 10.5. The van der Waals surface area contributed by atoms with E-state index in [1.54, 1.807) is 4.90 Å². The Hall–Kier alpha value is -3.79. The molecule has 31 heavy (non-hydrogen) atoms. The molecule has 0 saturated heterocycles. The molecule has 154 valence electrons. The van der Waals surface area contributed by atoms with Crippen LogP contribution in [-0.2, 0) is 0 Å². The number of carbonyl (C=O) groups is 1. The van der Waals surface area contributed by atoms with Gasteiger partial charge in [0, 0.05) is 23.2 Å². The van der Waals surface area contributed by atoms with Crippen molar-refractivity contribution in [3.05, 3.63) is 102 Å². The van der Waals surface area contributed by atoms with Gasteiger partial charge in [0.15, 0.2) is 0 Å². The van der Waals surface area contributed by atoms with Gasteiger partial charge in [-0.25, -0.2) is 9.97 Å². The van der Waals surface area contributed by atoms with Gasteiger partial charge in [-0.15, -0.1) is 0 Å². The quantitative estimate of drug-likeness (QED) is 0.384. The van der Waals surface area contributed by atoms with Crippen molar-refractivity contribution in [2.75, 3.05) is 11.4 Å². The van der Waals surface area contributed by atoms with Crippen molar-refractivity contribution in [1.82, 2.24) is 9.97 Å². The second-order valence-electron chi connectivity index (χ2n) is 7.49. The van der Waals surface area contributed by atoms with Gasteiger partial charge in [0.2, 0.25) is 5.95 Å². The Morgan fingerprint density at radius 2 is 1.29 bits per heavy atom. The Bertz CT molecular complexity index is 1100. The predicted molar refractivity (Wildman–Crippen MR) is 126 cm³/mol. The van der Waals surface area contributed by atoms with Crippen LogP contribution < -0.4 is 4.90 Å². The zero-order chi connectivity index (χ0) is 21.6. The van der Waals surface area contributed by atoms with Gasteiger partial charge in [-0.3, -0.25) is 9.69 Å². The third-order valence-corrected chi connectivity index (χ3v) is 5.09. The van der Waals surface area contributed by atoms with Crippen LogP contribution in [0.3, 0.4) is 0 Å². The molecule has 0 radical (unpaired) electrons. The van der Waals surface area contributed by atoms with Crippen LogP contribution in [0.2, 0.25) is 0 Å². The van der Waals surface area contributed by atoms with Crippen molar-refractivity contribution in [2.24, 2.45) is 0 Å². The lowest BCUT2D eigenvalue weighted by Crippen LogP contribution is -2.33. The number of amides is 1. The van der Waals surface area contributed by atoms with Crippen molar-refractivity contribution in [3.63, 3.8) is 0 Å².